The third-order valence-corrected chi connectivity index (χ3v) is 11.3. The molecule has 244 valence electrons. The summed E-state index contributed by atoms with van der Waals surface area (Å²) < 4.78 is 0. The van der Waals surface area contributed by atoms with E-state index in [2.05, 4.69) is 178 Å². The van der Waals surface area contributed by atoms with Gasteiger partial charge in [0.25, 0.3) is 0 Å². The largest absolute Gasteiger partial charge is 0.245 e. The molecule has 0 radical (unpaired) electrons. The Morgan fingerprint density at radius 1 is 0.327 bits per heavy atom. The van der Waals surface area contributed by atoms with Crippen LogP contribution in [0, 0.1) is 0 Å². The Hall–Kier alpha value is -6.20. The second kappa shape index (κ2) is 12.8. The topological polar surface area (TPSA) is 25.8 Å². The number of thiazole rings is 2. The normalized spacial score (nSPS) is 11.5. The molecule has 0 saturated carbocycles. The molecule has 0 bridgehead atoms. The SMILES string of the molecule is c1cc(-c2cscn2)cc(-c2c3ccccc3c(-c3cccc(-c4cscn4)c3)c3cc(-c4ccc(-c5cccc6ccccc56)cc4)ccc23)c1. The van der Waals surface area contributed by atoms with E-state index in [9.17, 15) is 0 Å². The van der Waals surface area contributed by atoms with Gasteiger partial charge in [0.1, 0.15) is 0 Å². The van der Waals surface area contributed by atoms with Gasteiger partial charge in [-0.2, -0.15) is 0 Å². The first-order valence-electron chi connectivity index (χ1n) is 17.3. The van der Waals surface area contributed by atoms with Crippen LogP contribution in [0.5, 0.6) is 0 Å². The molecule has 4 heteroatoms. The lowest BCUT2D eigenvalue weighted by Crippen LogP contribution is -1.92. The summed E-state index contributed by atoms with van der Waals surface area (Å²) in [7, 11) is 0. The molecule has 0 aliphatic rings. The summed E-state index contributed by atoms with van der Waals surface area (Å²) in [5.74, 6) is 0. The van der Waals surface area contributed by atoms with Crippen LogP contribution in [-0.2, 0) is 0 Å². The number of hydrogen-bond acceptors (Lipinski definition) is 4. The average molecular weight is 699 g/mol. The van der Waals surface area contributed by atoms with E-state index in [1.165, 1.54) is 76.8 Å². The van der Waals surface area contributed by atoms with Crippen molar-refractivity contribution in [3.8, 4) is 67.0 Å². The highest BCUT2D eigenvalue weighted by Crippen LogP contribution is 2.46. The molecule has 10 aromatic rings. The van der Waals surface area contributed by atoms with E-state index >= 15 is 0 Å². The van der Waals surface area contributed by atoms with Crippen molar-refractivity contribution in [3.63, 3.8) is 0 Å². The molecule has 0 fully saturated rings. The van der Waals surface area contributed by atoms with Crippen LogP contribution >= 0.6 is 22.7 Å². The molecule has 2 aromatic heterocycles. The third-order valence-electron chi connectivity index (χ3n) is 10.1. The van der Waals surface area contributed by atoms with Crippen LogP contribution in [0.15, 0.2) is 180 Å². The molecular formula is C48H30N2S2. The summed E-state index contributed by atoms with van der Waals surface area (Å²) >= 11 is 3.25. The van der Waals surface area contributed by atoms with Crippen molar-refractivity contribution in [2.45, 2.75) is 0 Å². The smallest absolute Gasteiger partial charge is 0.0811 e. The Balaban J connectivity index is 1.20. The van der Waals surface area contributed by atoms with Crippen molar-refractivity contribution in [1.82, 2.24) is 9.97 Å². The lowest BCUT2D eigenvalue weighted by atomic mass is 9.84. The molecule has 0 aliphatic carbocycles. The molecule has 0 saturated heterocycles. The molecule has 0 amide bonds. The zero-order valence-electron chi connectivity index (χ0n) is 28.0. The first-order valence-corrected chi connectivity index (χ1v) is 19.2. The average Bonchev–Trinajstić information content (AvgIpc) is 3.96. The number of aromatic nitrogens is 2. The van der Waals surface area contributed by atoms with Crippen molar-refractivity contribution in [2.24, 2.45) is 0 Å². The maximum atomic E-state index is 4.64. The predicted molar refractivity (Wildman–Crippen MR) is 223 cm³/mol. The summed E-state index contributed by atoms with van der Waals surface area (Å²) in [4.78, 5) is 9.27. The number of hydrogen-bond donors (Lipinski definition) is 0. The van der Waals surface area contributed by atoms with Gasteiger partial charge in [-0.3, -0.25) is 0 Å². The first kappa shape index (κ1) is 30.6. The van der Waals surface area contributed by atoms with Crippen LogP contribution in [-0.4, -0.2) is 9.97 Å². The Morgan fingerprint density at radius 3 is 1.46 bits per heavy atom. The van der Waals surface area contributed by atoms with E-state index in [1.807, 2.05) is 11.0 Å². The minimum atomic E-state index is 1.00. The number of rotatable bonds is 6. The van der Waals surface area contributed by atoms with E-state index in [0.29, 0.717) is 0 Å². The third kappa shape index (κ3) is 5.32. The lowest BCUT2D eigenvalue weighted by Gasteiger charge is -2.19. The van der Waals surface area contributed by atoms with Crippen molar-refractivity contribution in [1.29, 1.82) is 0 Å². The fourth-order valence-electron chi connectivity index (χ4n) is 7.68. The second-order valence-electron chi connectivity index (χ2n) is 13.1. The zero-order chi connectivity index (χ0) is 34.4. The first-order chi connectivity index (χ1) is 25.8. The van der Waals surface area contributed by atoms with Gasteiger partial charge in [0.2, 0.25) is 0 Å². The Labute approximate surface area is 310 Å². The molecule has 2 nitrogen and oxygen atoms in total. The molecule has 2 heterocycles. The number of fused-ring (bicyclic) bond motifs is 3. The Morgan fingerprint density at radius 2 is 0.827 bits per heavy atom. The summed E-state index contributed by atoms with van der Waals surface area (Å²) in [6.07, 6.45) is 0. The van der Waals surface area contributed by atoms with E-state index in [4.69, 9.17) is 0 Å². The van der Waals surface area contributed by atoms with Gasteiger partial charge >= 0.3 is 0 Å². The van der Waals surface area contributed by atoms with Gasteiger partial charge in [0.15, 0.2) is 0 Å². The van der Waals surface area contributed by atoms with Crippen molar-refractivity contribution in [2.75, 3.05) is 0 Å². The Bertz CT molecular complexity index is 2880. The van der Waals surface area contributed by atoms with Gasteiger partial charge < -0.3 is 0 Å². The summed E-state index contributed by atoms with van der Waals surface area (Å²) in [6, 6.07) is 57.8. The molecule has 10 rings (SSSR count). The highest BCUT2D eigenvalue weighted by molar-refractivity contribution is 7.08. The predicted octanol–water partition coefficient (Wildman–Crippen LogP) is 14.1. The summed E-state index contributed by atoms with van der Waals surface area (Å²) in [5.41, 5.74) is 17.7. The molecule has 52 heavy (non-hydrogen) atoms. The van der Waals surface area contributed by atoms with E-state index < -0.39 is 0 Å². The molecular weight excluding hydrogens is 669 g/mol. The highest BCUT2D eigenvalue weighted by atomic mass is 32.1. The number of nitrogens with zero attached hydrogens (tertiary/aromatic N) is 2. The van der Waals surface area contributed by atoms with Crippen LogP contribution in [0.25, 0.3) is 99.3 Å². The summed E-state index contributed by atoms with van der Waals surface area (Å²) in [6.45, 7) is 0. The molecule has 0 spiro atoms. The van der Waals surface area contributed by atoms with Gasteiger partial charge in [-0.15, -0.1) is 22.7 Å². The fourth-order valence-corrected chi connectivity index (χ4v) is 8.80. The van der Waals surface area contributed by atoms with Crippen LogP contribution < -0.4 is 0 Å². The van der Waals surface area contributed by atoms with Crippen LogP contribution in [0.3, 0.4) is 0 Å². The second-order valence-corrected chi connectivity index (χ2v) is 14.5. The Kier molecular flexibility index (Phi) is 7.56. The fraction of sp³-hybridized carbons (Fsp3) is 0. The van der Waals surface area contributed by atoms with Crippen LogP contribution in [0.1, 0.15) is 0 Å². The zero-order valence-corrected chi connectivity index (χ0v) is 29.7. The van der Waals surface area contributed by atoms with Crippen molar-refractivity contribution < 1.29 is 0 Å². The van der Waals surface area contributed by atoms with Gasteiger partial charge in [0.05, 0.1) is 22.4 Å². The van der Waals surface area contributed by atoms with Gasteiger partial charge in [-0.1, -0.05) is 140 Å². The molecule has 0 atom stereocenters. The monoisotopic (exact) mass is 698 g/mol. The minimum absolute atomic E-state index is 1.00. The molecule has 8 aromatic carbocycles. The summed E-state index contributed by atoms with van der Waals surface area (Å²) in [5, 5.41) is 11.7. The number of benzene rings is 8. The molecule has 0 N–H and O–H groups in total. The van der Waals surface area contributed by atoms with Crippen molar-refractivity contribution >= 4 is 55.0 Å². The van der Waals surface area contributed by atoms with Gasteiger partial charge in [0, 0.05) is 21.9 Å². The van der Waals surface area contributed by atoms with E-state index in [1.54, 1.807) is 22.7 Å². The van der Waals surface area contributed by atoms with Gasteiger partial charge in [-0.05, 0) is 95.0 Å². The quantitative estimate of drug-likeness (QED) is 0.162. The lowest BCUT2D eigenvalue weighted by molar-refractivity contribution is 1.41. The standard InChI is InChI=1S/C48H30N2S2/c1-2-14-39-32(8-1)9-7-17-40(39)33-20-18-31(19-21-33)34-22-23-43-44(26-34)48(38-13-6-11-36(25-38)46-28-52-30-50-46)42-16-4-3-15-41(42)47(43)37-12-5-10-35(24-37)45-27-51-29-49-45/h1-30H. The van der Waals surface area contributed by atoms with Crippen LogP contribution in [0.2, 0.25) is 0 Å². The van der Waals surface area contributed by atoms with Crippen LogP contribution in [0.4, 0.5) is 0 Å². The van der Waals surface area contributed by atoms with Gasteiger partial charge in [-0.25, -0.2) is 9.97 Å². The van der Waals surface area contributed by atoms with Crippen molar-refractivity contribution in [3.05, 3.63) is 180 Å². The molecule has 0 unspecified atom stereocenters. The molecule has 0 aliphatic heterocycles. The maximum absolute atomic E-state index is 4.64. The minimum Gasteiger partial charge on any atom is -0.245 e. The van der Waals surface area contributed by atoms with E-state index in [0.717, 1.165) is 22.5 Å². The highest BCUT2D eigenvalue weighted by Gasteiger charge is 2.19. The van der Waals surface area contributed by atoms with E-state index in [-0.39, 0.29) is 0 Å². The maximum Gasteiger partial charge on any atom is 0.0811 e.